The molecule has 0 radical (unpaired) electrons. The SMILES string of the molecule is CC#CCN1CCc2cccc(N)c2C1. The summed E-state index contributed by atoms with van der Waals surface area (Å²) in [6.45, 7) is 4.76. The van der Waals surface area contributed by atoms with Crippen molar-refractivity contribution in [3.05, 3.63) is 29.3 Å². The standard InChI is InChI=1S/C13H16N2/c1-2-3-8-15-9-7-11-5-4-6-13(14)12(11)10-15/h4-6H,7-10,14H2,1H3. The van der Waals surface area contributed by atoms with Crippen LogP contribution in [-0.4, -0.2) is 18.0 Å². The first-order chi connectivity index (χ1) is 7.31. The maximum absolute atomic E-state index is 5.97. The molecule has 0 aromatic heterocycles. The van der Waals surface area contributed by atoms with Crippen molar-refractivity contribution in [1.29, 1.82) is 0 Å². The fourth-order valence-electron chi connectivity index (χ4n) is 1.99. The lowest BCUT2D eigenvalue weighted by Gasteiger charge is -2.27. The molecule has 15 heavy (non-hydrogen) atoms. The lowest BCUT2D eigenvalue weighted by atomic mass is 9.98. The third kappa shape index (κ3) is 2.14. The molecule has 0 aliphatic carbocycles. The number of hydrogen-bond acceptors (Lipinski definition) is 2. The summed E-state index contributed by atoms with van der Waals surface area (Å²) >= 11 is 0. The van der Waals surface area contributed by atoms with Gasteiger partial charge >= 0.3 is 0 Å². The van der Waals surface area contributed by atoms with Gasteiger partial charge in [-0.25, -0.2) is 0 Å². The van der Waals surface area contributed by atoms with Gasteiger partial charge in [0.15, 0.2) is 0 Å². The number of anilines is 1. The van der Waals surface area contributed by atoms with E-state index in [2.05, 4.69) is 22.8 Å². The van der Waals surface area contributed by atoms with Gasteiger partial charge in [0.05, 0.1) is 6.54 Å². The van der Waals surface area contributed by atoms with Gasteiger partial charge in [0, 0.05) is 18.8 Å². The first-order valence-corrected chi connectivity index (χ1v) is 5.29. The number of benzene rings is 1. The van der Waals surface area contributed by atoms with Gasteiger partial charge in [-0.3, -0.25) is 4.90 Å². The highest BCUT2D eigenvalue weighted by Crippen LogP contribution is 2.23. The lowest BCUT2D eigenvalue weighted by molar-refractivity contribution is 0.287. The van der Waals surface area contributed by atoms with Gasteiger partial charge in [-0.1, -0.05) is 18.1 Å². The Kier molecular flexibility index (Phi) is 2.94. The first-order valence-electron chi connectivity index (χ1n) is 5.29. The van der Waals surface area contributed by atoms with Crippen LogP contribution in [0.15, 0.2) is 18.2 Å². The zero-order valence-electron chi connectivity index (χ0n) is 9.09. The molecule has 0 saturated heterocycles. The Balaban J connectivity index is 2.17. The van der Waals surface area contributed by atoms with Crippen LogP contribution in [0.5, 0.6) is 0 Å². The normalized spacial score (nSPS) is 15.3. The molecule has 0 atom stereocenters. The Bertz CT molecular complexity index is 412. The van der Waals surface area contributed by atoms with Gasteiger partial charge in [-0.05, 0) is 30.5 Å². The number of nitrogen functional groups attached to an aromatic ring is 1. The first kappa shape index (κ1) is 10.1. The third-order valence-electron chi connectivity index (χ3n) is 2.87. The van der Waals surface area contributed by atoms with E-state index in [0.717, 1.165) is 31.7 Å². The van der Waals surface area contributed by atoms with Crippen LogP contribution >= 0.6 is 0 Å². The second kappa shape index (κ2) is 4.37. The molecular formula is C13H16N2. The molecule has 2 rings (SSSR count). The van der Waals surface area contributed by atoms with E-state index in [9.17, 15) is 0 Å². The summed E-state index contributed by atoms with van der Waals surface area (Å²) < 4.78 is 0. The third-order valence-corrected chi connectivity index (χ3v) is 2.87. The van der Waals surface area contributed by atoms with E-state index in [-0.39, 0.29) is 0 Å². The summed E-state index contributed by atoms with van der Waals surface area (Å²) in [5, 5.41) is 0. The molecule has 1 aliphatic heterocycles. The molecule has 0 saturated carbocycles. The minimum atomic E-state index is 0.851. The highest BCUT2D eigenvalue weighted by atomic mass is 15.1. The molecule has 1 aromatic rings. The lowest BCUT2D eigenvalue weighted by Crippen LogP contribution is -2.31. The second-order valence-corrected chi connectivity index (χ2v) is 3.87. The van der Waals surface area contributed by atoms with Crippen molar-refractivity contribution in [1.82, 2.24) is 4.90 Å². The Labute approximate surface area is 91.1 Å². The fourth-order valence-corrected chi connectivity index (χ4v) is 1.99. The van der Waals surface area contributed by atoms with Crippen molar-refractivity contribution in [3.63, 3.8) is 0 Å². The van der Waals surface area contributed by atoms with E-state index in [1.54, 1.807) is 0 Å². The van der Waals surface area contributed by atoms with Crippen LogP contribution in [-0.2, 0) is 13.0 Å². The van der Waals surface area contributed by atoms with Crippen molar-refractivity contribution in [3.8, 4) is 11.8 Å². The largest absolute Gasteiger partial charge is 0.398 e. The Morgan fingerprint density at radius 1 is 1.47 bits per heavy atom. The Morgan fingerprint density at radius 2 is 2.33 bits per heavy atom. The highest BCUT2D eigenvalue weighted by Gasteiger charge is 2.16. The number of nitrogens with two attached hydrogens (primary N) is 1. The van der Waals surface area contributed by atoms with Gasteiger partial charge in [-0.15, -0.1) is 5.92 Å². The Hall–Kier alpha value is -1.46. The highest BCUT2D eigenvalue weighted by molar-refractivity contribution is 5.51. The van der Waals surface area contributed by atoms with Crippen LogP contribution in [0.3, 0.4) is 0 Å². The van der Waals surface area contributed by atoms with Gasteiger partial charge < -0.3 is 5.73 Å². The smallest absolute Gasteiger partial charge is 0.0604 e. The minimum Gasteiger partial charge on any atom is -0.398 e. The van der Waals surface area contributed by atoms with Crippen molar-refractivity contribution < 1.29 is 0 Å². The maximum atomic E-state index is 5.97. The van der Waals surface area contributed by atoms with Gasteiger partial charge in [0.25, 0.3) is 0 Å². The number of nitrogens with zero attached hydrogens (tertiary/aromatic N) is 1. The van der Waals surface area contributed by atoms with E-state index < -0.39 is 0 Å². The summed E-state index contributed by atoms with van der Waals surface area (Å²) in [5.74, 6) is 6.03. The van der Waals surface area contributed by atoms with Crippen LogP contribution < -0.4 is 5.73 Å². The van der Waals surface area contributed by atoms with E-state index in [1.807, 2.05) is 19.1 Å². The maximum Gasteiger partial charge on any atom is 0.0604 e. The molecule has 0 spiro atoms. The molecule has 1 aromatic carbocycles. The van der Waals surface area contributed by atoms with E-state index in [0.29, 0.717) is 0 Å². The molecule has 1 aliphatic rings. The predicted octanol–water partition coefficient (Wildman–Crippen LogP) is 1.65. The summed E-state index contributed by atoms with van der Waals surface area (Å²) in [4.78, 5) is 2.34. The molecule has 0 bridgehead atoms. The van der Waals surface area contributed by atoms with Crippen molar-refractivity contribution in [2.75, 3.05) is 18.8 Å². The van der Waals surface area contributed by atoms with Crippen molar-refractivity contribution in [2.24, 2.45) is 0 Å². The zero-order chi connectivity index (χ0) is 10.7. The van der Waals surface area contributed by atoms with E-state index in [4.69, 9.17) is 5.73 Å². The summed E-state index contributed by atoms with van der Waals surface area (Å²) in [5.41, 5.74) is 9.58. The van der Waals surface area contributed by atoms with E-state index >= 15 is 0 Å². The van der Waals surface area contributed by atoms with Crippen LogP contribution in [0.25, 0.3) is 0 Å². The van der Waals surface area contributed by atoms with Crippen LogP contribution in [0.4, 0.5) is 5.69 Å². The average Bonchev–Trinajstić information content (AvgIpc) is 2.27. The van der Waals surface area contributed by atoms with Crippen LogP contribution in [0.2, 0.25) is 0 Å². The van der Waals surface area contributed by atoms with Crippen molar-refractivity contribution in [2.45, 2.75) is 19.9 Å². The molecule has 0 fully saturated rings. The van der Waals surface area contributed by atoms with Gasteiger partial charge in [-0.2, -0.15) is 0 Å². The second-order valence-electron chi connectivity index (χ2n) is 3.87. The van der Waals surface area contributed by atoms with Gasteiger partial charge in [0.1, 0.15) is 0 Å². The zero-order valence-corrected chi connectivity index (χ0v) is 9.09. The Morgan fingerprint density at radius 3 is 3.13 bits per heavy atom. The van der Waals surface area contributed by atoms with Gasteiger partial charge in [0.2, 0.25) is 0 Å². The quantitative estimate of drug-likeness (QED) is 0.551. The fraction of sp³-hybridized carbons (Fsp3) is 0.385. The molecule has 2 N–H and O–H groups in total. The van der Waals surface area contributed by atoms with E-state index in [1.165, 1.54) is 11.1 Å². The predicted molar refractivity (Wildman–Crippen MR) is 63.3 cm³/mol. The average molecular weight is 200 g/mol. The summed E-state index contributed by atoms with van der Waals surface area (Å²) in [6.07, 6.45) is 1.09. The molecule has 2 nitrogen and oxygen atoms in total. The molecule has 2 heteroatoms. The van der Waals surface area contributed by atoms with Crippen LogP contribution in [0, 0.1) is 11.8 Å². The molecule has 78 valence electrons. The molecular weight excluding hydrogens is 184 g/mol. The molecule has 1 heterocycles. The molecule has 0 amide bonds. The molecule has 0 unspecified atom stereocenters. The number of rotatable bonds is 1. The van der Waals surface area contributed by atoms with Crippen LogP contribution in [0.1, 0.15) is 18.1 Å². The van der Waals surface area contributed by atoms with Crippen molar-refractivity contribution >= 4 is 5.69 Å². The number of fused-ring (bicyclic) bond motifs is 1. The topological polar surface area (TPSA) is 29.3 Å². The summed E-state index contributed by atoms with van der Waals surface area (Å²) in [6, 6.07) is 6.19. The number of hydrogen-bond donors (Lipinski definition) is 1. The monoisotopic (exact) mass is 200 g/mol. The summed E-state index contributed by atoms with van der Waals surface area (Å²) in [7, 11) is 0. The minimum absolute atomic E-state index is 0.851.